The van der Waals surface area contributed by atoms with Gasteiger partial charge in [-0.15, -0.1) is 0 Å². The van der Waals surface area contributed by atoms with E-state index in [0.717, 1.165) is 0 Å². The summed E-state index contributed by atoms with van der Waals surface area (Å²) >= 11 is 0. The van der Waals surface area contributed by atoms with E-state index in [1.54, 1.807) is 18.2 Å². The number of H-pyrrole nitrogens is 1. The summed E-state index contributed by atoms with van der Waals surface area (Å²) < 4.78 is 44.9. The number of hydrogen-bond acceptors (Lipinski definition) is 4. The predicted octanol–water partition coefficient (Wildman–Crippen LogP) is 2.81. The van der Waals surface area contributed by atoms with Gasteiger partial charge in [0.05, 0.1) is 6.61 Å². The fraction of sp³-hybridized carbons (Fsp3) is 0.333. The van der Waals surface area contributed by atoms with Crippen molar-refractivity contribution in [2.75, 3.05) is 13.2 Å². The van der Waals surface area contributed by atoms with E-state index in [1.807, 2.05) is 0 Å². The SMILES string of the molecule is CCOC(=O)c1[nH]nc(-c2ccccc2CCO)c1C(F)(F)F. The first-order valence-electron chi connectivity index (χ1n) is 6.92. The number of nitrogens with one attached hydrogen (secondary N) is 1. The van der Waals surface area contributed by atoms with Gasteiger partial charge in [0.25, 0.3) is 0 Å². The van der Waals surface area contributed by atoms with Crippen LogP contribution >= 0.6 is 0 Å². The van der Waals surface area contributed by atoms with Crippen LogP contribution in [0.25, 0.3) is 11.3 Å². The second-order valence-corrected chi connectivity index (χ2v) is 4.67. The minimum Gasteiger partial charge on any atom is -0.461 e. The zero-order chi connectivity index (χ0) is 17.0. The number of esters is 1. The van der Waals surface area contributed by atoms with Gasteiger partial charge in [0, 0.05) is 12.2 Å². The number of rotatable bonds is 5. The van der Waals surface area contributed by atoms with E-state index >= 15 is 0 Å². The largest absolute Gasteiger partial charge is 0.461 e. The number of aliphatic hydroxyl groups is 1. The van der Waals surface area contributed by atoms with Gasteiger partial charge in [-0.3, -0.25) is 5.10 Å². The number of halogens is 3. The first kappa shape index (κ1) is 17.0. The number of alkyl halides is 3. The van der Waals surface area contributed by atoms with Gasteiger partial charge in [-0.1, -0.05) is 24.3 Å². The smallest absolute Gasteiger partial charge is 0.420 e. The molecule has 0 saturated heterocycles. The summed E-state index contributed by atoms with van der Waals surface area (Å²) in [4.78, 5) is 11.7. The number of aromatic nitrogens is 2. The summed E-state index contributed by atoms with van der Waals surface area (Å²) in [5.41, 5.74) is -1.57. The Hall–Kier alpha value is -2.35. The van der Waals surface area contributed by atoms with Crippen LogP contribution < -0.4 is 0 Å². The van der Waals surface area contributed by atoms with Crippen LogP contribution in [0.4, 0.5) is 13.2 Å². The van der Waals surface area contributed by atoms with Crippen LogP contribution in [0.5, 0.6) is 0 Å². The number of benzene rings is 1. The lowest BCUT2D eigenvalue weighted by molar-refractivity contribution is -0.137. The molecule has 0 atom stereocenters. The lowest BCUT2D eigenvalue weighted by Crippen LogP contribution is -2.15. The van der Waals surface area contributed by atoms with Crippen molar-refractivity contribution in [3.8, 4) is 11.3 Å². The summed E-state index contributed by atoms with van der Waals surface area (Å²) in [6.45, 7) is 1.23. The fourth-order valence-electron chi connectivity index (χ4n) is 2.25. The standard InChI is InChI=1S/C15H15F3N2O3/c1-2-23-14(22)13-11(15(16,17)18)12(19-20-13)10-6-4-3-5-9(10)7-8-21/h3-6,21H,2,7-8H2,1H3,(H,19,20). The van der Waals surface area contributed by atoms with Crippen LogP contribution in [-0.4, -0.2) is 34.5 Å². The summed E-state index contributed by atoms with van der Waals surface area (Å²) in [5.74, 6) is -1.11. The molecule has 0 bridgehead atoms. The molecule has 8 heteroatoms. The normalized spacial score (nSPS) is 11.5. The van der Waals surface area contributed by atoms with Gasteiger partial charge in [0.15, 0.2) is 5.69 Å². The van der Waals surface area contributed by atoms with E-state index < -0.39 is 23.4 Å². The van der Waals surface area contributed by atoms with Crippen LogP contribution in [0.1, 0.15) is 28.5 Å². The Morgan fingerprint density at radius 2 is 2.04 bits per heavy atom. The van der Waals surface area contributed by atoms with Crippen molar-refractivity contribution < 1.29 is 27.8 Å². The average Bonchev–Trinajstić information content (AvgIpc) is 2.93. The summed E-state index contributed by atoms with van der Waals surface area (Å²) in [6.07, 6.45) is -4.61. The van der Waals surface area contributed by atoms with E-state index in [2.05, 4.69) is 14.9 Å². The van der Waals surface area contributed by atoms with Crippen molar-refractivity contribution in [3.63, 3.8) is 0 Å². The van der Waals surface area contributed by atoms with Crippen LogP contribution in [0.3, 0.4) is 0 Å². The molecule has 1 aromatic carbocycles. The Kier molecular flexibility index (Phi) is 5.05. The molecule has 0 aliphatic heterocycles. The van der Waals surface area contributed by atoms with Gasteiger partial charge >= 0.3 is 12.1 Å². The molecule has 2 N–H and O–H groups in total. The van der Waals surface area contributed by atoms with E-state index in [-0.39, 0.29) is 30.9 Å². The van der Waals surface area contributed by atoms with Gasteiger partial charge in [0.1, 0.15) is 11.3 Å². The molecule has 5 nitrogen and oxygen atoms in total. The van der Waals surface area contributed by atoms with E-state index in [9.17, 15) is 18.0 Å². The number of carbonyl (C=O) groups excluding carboxylic acids is 1. The molecule has 1 heterocycles. The van der Waals surface area contributed by atoms with Crippen molar-refractivity contribution in [1.82, 2.24) is 10.2 Å². The van der Waals surface area contributed by atoms with Crippen molar-refractivity contribution in [2.45, 2.75) is 19.5 Å². The molecule has 0 radical (unpaired) electrons. The van der Waals surface area contributed by atoms with Gasteiger partial charge in [-0.25, -0.2) is 4.79 Å². The third kappa shape index (κ3) is 3.53. The molecule has 0 fully saturated rings. The van der Waals surface area contributed by atoms with E-state index in [1.165, 1.54) is 13.0 Å². The zero-order valence-electron chi connectivity index (χ0n) is 12.3. The molecule has 1 aromatic heterocycles. The summed E-state index contributed by atoms with van der Waals surface area (Å²) in [7, 11) is 0. The number of ether oxygens (including phenoxy) is 1. The highest BCUT2D eigenvalue weighted by molar-refractivity contribution is 5.91. The lowest BCUT2D eigenvalue weighted by atomic mass is 9.98. The number of aliphatic hydroxyl groups excluding tert-OH is 1. The molecule has 124 valence electrons. The Morgan fingerprint density at radius 1 is 1.35 bits per heavy atom. The second-order valence-electron chi connectivity index (χ2n) is 4.67. The van der Waals surface area contributed by atoms with Crippen LogP contribution in [0.15, 0.2) is 24.3 Å². The molecular weight excluding hydrogens is 313 g/mol. The average molecular weight is 328 g/mol. The molecule has 2 aromatic rings. The Balaban J connectivity index is 2.62. The third-order valence-electron chi connectivity index (χ3n) is 3.18. The molecule has 0 aliphatic carbocycles. The maximum Gasteiger partial charge on any atom is 0.420 e. The van der Waals surface area contributed by atoms with Gasteiger partial charge in [-0.2, -0.15) is 18.3 Å². The fourth-order valence-corrected chi connectivity index (χ4v) is 2.25. The summed E-state index contributed by atoms with van der Waals surface area (Å²) in [6, 6.07) is 6.28. The monoisotopic (exact) mass is 328 g/mol. The highest BCUT2D eigenvalue weighted by Gasteiger charge is 2.41. The highest BCUT2D eigenvalue weighted by Crippen LogP contribution is 2.39. The first-order chi connectivity index (χ1) is 10.9. The van der Waals surface area contributed by atoms with Gasteiger partial charge in [-0.05, 0) is 18.9 Å². The van der Waals surface area contributed by atoms with Gasteiger partial charge < -0.3 is 9.84 Å². The number of aromatic amines is 1. The molecule has 0 amide bonds. The Morgan fingerprint density at radius 3 is 2.65 bits per heavy atom. The van der Waals surface area contributed by atoms with Crippen LogP contribution in [-0.2, 0) is 17.3 Å². The zero-order valence-corrected chi connectivity index (χ0v) is 12.3. The molecule has 0 unspecified atom stereocenters. The van der Waals surface area contributed by atoms with E-state index in [4.69, 9.17) is 5.11 Å². The summed E-state index contributed by atoms with van der Waals surface area (Å²) in [5, 5.41) is 14.9. The molecule has 23 heavy (non-hydrogen) atoms. The number of carbonyl (C=O) groups is 1. The van der Waals surface area contributed by atoms with Crippen molar-refractivity contribution in [3.05, 3.63) is 41.1 Å². The van der Waals surface area contributed by atoms with E-state index in [0.29, 0.717) is 5.56 Å². The topological polar surface area (TPSA) is 75.2 Å². The van der Waals surface area contributed by atoms with Crippen molar-refractivity contribution in [2.24, 2.45) is 0 Å². The Bertz CT molecular complexity index is 696. The predicted molar refractivity (Wildman–Crippen MR) is 75.8 cm³/mol. The van der Waals surface area contributed by atoms with Crippen molar-refractivity contribution >= 4 is 5.97 Å². The third-order valence-corrected chi connectivity index (χ3v) is 3.18. The van der Waals surface area contributed by atoms with Crippen LogP contribution in [0, 0.1) is 0 Å². The molecule has 0 saturated carbocycles. The van der Waals surface area contributed by atoms with Crippen LogP contribution in [0.2, 0.25) is 0 Å². The maximum absolute atomic E-state index is 13.4. The number of hydrogen-bond donors (Lipinski definition) is 2. The second kappa shape index (κ2) is 6.82. The maximum atomic E-state index is 13.4. The van der Waals surface area contributed by atoms with Crippen molar-refractivity contribution in [1.29, 1.82) is 0 Å². The molecule has 0 aliphatic rings. The molecule has 2 rings (SSSR count). The minimum absolute atomic E-state index is 0.0500. The molecular formula is C15H15F3N2O3. The highest BCUT2D eigenvalue weighted by atomic mass is 19.4. The Labute approximate surface area is 130 Å². The first-order valence-corrected chi connectivity index (χ1v) is 6.92. The number of nitrogens with zero attached hydrogens (tertiary/aromatic N) is 1. The van der Waals surface area contributed by atoms with Gasteiger partial charge in [0.2, 0.25) is 0 Å². The minimum atomic E-state index is -4.78. The molecule has 0 spiro atoms. The lowest BCUT2D eigenvalue weighted by Gasteiger charge is -2.11. The quantitative estimate of drug-likeness (QED) is 0.828.